The van der Waals surface area contributed by atoms with E-state index in [4.69, 9.17) is 9.84 Å². The van der Waals surface area contributed by atoms with E-state index in [9.17, 15) is 4.39 Å². The van der Waals surface area contributed by atoms with Gasteiger partial charge in [-0.3, -0.25) is 4.98 Å². The first kappa shape index (κ1) is 11.5. The van der Waals surface area contributed by atoms with Gasteiger partial charge in [0.25, 0.3) is 0 Å². The Balaban J connectivity index is 2.24. The third kappa shape index (κ3) is 2.79. The van der Waals surface area contributed by atoms with Crippen molar-refractivity contribution in [3.63, 3.8) is 0 Å². The molecule has 2 rings (SSSR count). The molecule has 3 nitrogen and oxygen atoms in total. The van der Waals surface area contributed by atoms with Crippen LogP contribution in [-0.4, -0.2) is 10.1 Å². The smallest absolute Gasteiger partial charge is 0.166 e. The summed E-state index contributed by atoms with van der Waals surface area (Å²) >= 11 is 0. The number of hydrogen-bond donors (Lipinski definition) is 1. The van der Waals surface area contributed by atoms with Gasteiger partial charge in [0.15, 0.2) is 11.6 Å². The second-order valence-corrected chi connectivity index (χ2v) is 3.66. The Morgan fingerprint density at radius 3 is 2.76 bits per heavy atom. The molecular formula is C13H12FNO2. The van der Waals surface area contributed by atoms with Gasteiger partial charge in [0.1, 0.15) is 5.75 Å². The Hall–Kier alpha value is -1.94. The second-order valence-electron chi connectivity index (χ2n) is 3.66. The van der Waals surface area contributed by atoms with Crippen molar-refractivity contribution in [1.82, 2.24) is 4.98 Å². The quantitative estimate of drug-likeness (QED) is 0.886. The third-order valence-electron chi connectivity index (χ3n) is 2.27. The van der Waals surface area contributed by atoms with Crippen molar-refractivity contribution >= 4 is 0 Å². The lowest BCUT2D eigenvalue weighted by atomic mass is 10.2. The molecule has 4 heteroatoms. The fourth-order valence-electron chi connectivity index (χ4n) is 1.44. The van der Waals surface area contributed by atoms with Crippen molar-refractivity contribution in [2.24, 2.45) is 0 Å². The van der Waals surface area contributed by atoms with Gasteiger partial charge in [-0.1, -0.05) is 6.07 Å². The number of ether oxygens (including phenoxy) is 1. The zero-order valence-electron chi connectivity index (χ0n) is 9.35. The molecule has 1 heterocycles. The van der Waals surface area contributed by atoms with Crippen LogP contribution in [0.3, 0.4) is 0 Å². The van der Waals surface area contributed by atoms with Gasteiger partial charge >= 0.3 is 0 Å². The molecule has 0 unspecified atom stereocenters. The highest BCUT2D eigenvalue weighted by Crippen LogP contribution is 2.25. The maximum absolute atomic E-state index is 13.6. The fraction of sp³-hybridized carbons (Fsp3) is 0.154. The average molecular weight is 233 g/mol. The van der Waals surface area contributed by atoms with Crippen LogP contribution in [0.5, 0.6) is 11.5 Å². The van der Waals surface area contributed by atoms with Gasteiger partial charge in [-0.2, -0.15) is 0 Å². The van der Waals surface area contributed by atoms with Gasteiger partial charge in [0.2, 0.25) is 0 Å². The maximum Gasteiger partial charge on any atom is 0.166 e. The molecule has 1 N–H and O–H groups in total. The third-order valence-corrected chi connectivity index (χ3v) is 2.27. The van der Waals surface area contributed by atoms with Crippen LogP contribution in [0.2, 0.25) is 0 Å². The SMILES string of the molecule is Cc1cc(Oc2ccc(CO)cc2F)ccn1. The van der Waals surface area contributed by atoms with E-state index in [1.54, 1.807) is 24.4 Å². The number of rotatable bonds is 3. The Morgan fingerprint density at radius 2 is 2.12 bits per heavy atom. The standard InChI is InChI=1S/C13H12FNO2/c1-9-6-11(4-5-15-9)17-13-3-2-10(8-16)7-12(13)14/h2-7,16H,8H2,1H3. The van der Waals surface area contributed by atoms with Crippen LogP contribution < -0.4 is 4.74 Å². The lowest BCUT2D eigenvalue weighted by Gasteiger charge is -2.07. The summed E-state index contributed by atoms with van der Waals surface area (Å²) in [6.07, 6.45) is 1.60. The molecule has 88 valence electrons. The molecule has 17 heavy (non-hydrogen) atoms. The summed E-state index contributed by atoms with van der Waals surface area (Å²) in [5, 5.41) is 8.86. The summed E-state index contributed by atoms with van der Waals surface area (Å²) in [5.41, 5.74) is 1.32. The maximum atomic E-state index is 13.6. The summed E-state index contributed by atoms with van der Waals surface area (Å²) in [4.78, 5) is 4.02. The van der Waals surface area contributed by atoms with Gasteiger partial charge in [-0.25, -0.2) is 4.39 Å². The molecule has 0 saturated heterocycles. The van der Waals surface area contributed by atoms with E-state index in [1.165, 1.54) is 12.1 Å². The lowest BCUT2D eigenvalue weighted by molar-refractivity contribution is 0.281. The molecule has 1 aromatic heterocycles. The molecular weight excluding hydrogens is 221 g/mol. The minimum Gasteiger partial charge on any atom is -0.454 e. The Bertz CT molecular complexity index is 529. The number of nitrogens with zero attached hydrogens (tertiary/aromatic N) is 1. The minimum absolute atomic E-state index is 0.132. The van der Waals surface area contributed by atoms with Crippen LogP contribution >= 0.6 is 0 Å². The predicted molar refractivity (Wildman–Crippen MR) is 61.4 cm³/mol. The highest BCUT2D eigenvalue weighted by atomic mass is 19.1. The van der Waals surface area contributed by atoms with E-state index in [0.717, 1.165) is 5.69 Å². The number of aliphatic hydroxyl groups is 1. The molecule has 0 spiro atoms. The molecule has 0 saturated carbocycles. The van der Waals surface area contributed by atoms with Crippen molar-refractivity contribution in [1.29, 1.82) is 0 Å². The monoisotopic (exact) mass is 233 g/mol. The molecule has 2 aromatic rings. The van der Waals surface area contributed by atoms with Crippen LogP contribution in [0, 0.1) is 12.7 Å². The molecule has 0 aliphatic heterocycles. The minimum atomic E-state index is -0.494. The number of benzene rings is 1. The van der Waals surface area contributed by atoms with Crippen LogP contribution in [0.1, 0.15) is 11.3 Å². The number of aliphatic hydroxyl groups excluding tert-OH is 1. The number of pyridine rings is 1. The summed E-state index contributed by atoms with van der Waals surface area (Å²) in [7, 11) is 0. The van der Waals surface area contributed by atoms with Crippen LogP contribution in [0.15, 0.2) is 36.5 Å². The Morgan fingerprint density at radius 1 is 1.29 bits per heavy atom. The molecule has 0 aliphatic carbocycles. The van der Waals surface area contributed by atoms with E-state index in [2.05, 4.69) is 4.98 Å². The zero-order chi connectivity index (χ0) is 12.3. The van der Waals surface area contributed by atoms with Crippen LogP contribution in [0.25, 0.3) is 0 Å². The van der Waals surface area contributed by atoms with Crippen molar-refractivity contribution in [2.45, 2.75) is 13.5 Å². The highest BCUT2D eigenvalue weighted by Gasteiger charge is 2.06. The van der Waals surface area contributed by atoms with E-state index in [-0.39, 0.29) is 12.4 Å². The summed E-state index contributed by atoms with van der Waals surface area (Å²) in [5.74, 6) is 0.173. The molecule has 1 aromatic carbocycles. The van der Waals surface area contributed by atoms with Crippen molar-refractivity contribution < 1.29 is 14.2 Å². The normalized spacial score (nSPS) is 10.3. The van der Waals surface area contributed by atoms with Crippen LogP contribution in [-0.2, 0) is 6.61 Å². The predicted octanol–water partition coefficient (Wildman–Crippen LogP) is 2.81. The largest absolute Gasteiger partial charge is 0.454 e. The molecule has 0 bridgehead atoms. The number of hydrogen-bond acceptors (Lipinski definition) is 3. The first-order valence-corrected chi connectivity index (χ1v) is 5.19. The molecule has 0 amide bonds. The molecule has 0 atom stereocenters. The van der Waals surface area contributed by atoms with Crippen LogP contribution in [0.4, 0.5) is 4.39 Å². The van der Waals surface area contributed by atoms with Crippen molar-refractivity contribution in [3.05, 3.63) is 53.6 Å². The average Bonchev–Trinajstić information content (AvgIpc) is 2.32. The molecule has 0 fully saturated rings. The fourth-order valence-corrected chi connectivity index (χ4v) is 1.44. The van der Waals surface area contributed by atoms with Gasteiger partial charge in [0, 0.05) is 18.0 Å². The summed E-state index contributed by atoms with van der Waals surface area (Å²) < 4.78 is 19.0. The first-order chi connectivity index (χ1) is 8.19. The van der Waals surface area contributed by atoms with Crippen molar-refractivity contribution in [3.8, 4) is 11.5 Å². The lowest BCUT2D eigenvalue weighted by Crippen LogP contribution is -1.92. The number of halogens is 1. The second kappa shape index (κ2) is 4.93. The molecule has 0 radical (unpaired) electrons. The van der Waals surface area contributed by atoms with E-state index in [0.29, 0.717) is 11.3 Å². The number of aryl methyl sites for hydroxylation is 1. The summed E-state index contributed by atoms with van der Waals surface area (Å²) in [6.45, 7) is 1.64. The van der Waals surface area contributed by atoms with Gasteiger partial charge < -0.3 is 9.84 Å². The summed E-state index contributed by atoms with van der Waals surface area (Å²) in [6, 6.07) is 7.75. The van der Waals surface area contributed by atoms with E-state index in [1.807, 2.05) is 6.92 Å². The van der Waals surface area contributed by atoms with Gasteiger partial charge in [0.05, 0.1) is 6.61 Å². The first-order valence-electron chi connectivity index (χ1n) is 5.19. The van der Waals surface area contributed by atoms with E-state index >= 15 is 0 Å². The van der Waals surface area contributed by atoms with Gasteiger partial charge in [-0.05, 0) is 30.7 Å². The van der Waals surface area contributed by atoms with E-state index < -0.39 is 5.82 Å². The molecule has 0 aliphatic rings. The highest BCUT2D eigenvalue weighted by molar-refractivity contribution is 5.34. The topological polar surface area (TPSA) is 42.4 Å². The Kier molecular flexibility index (Phi) is 3.35. The van der Waals surface area contributed by atoms with Crippen molar-refractivity contribution in [2.75, 3.05) is 0 Å². The number of aromatic nitrogens is 1. The van der Waals surface area contributed by atoms with Gasteiger partial charge in [-0.15, -0.1) is 0 Å². The zero-order valence-corrected chi connectivity index (χ0v) is 9.35. The Labute approximate surface area is 98.5 Å².